The molecular formula is C5H10Cl3N3. The number of hydrogen-bond acceptors (Lipinski definition) is 1. The molecule has 0 bridgehead atoms. The lowest BCUT2D eigenvalue weighted by Gasteiger charge is -1.87. The van der Waals surface area contributed by atoms with Crippen LogP contribution in [0, 0.1) is 5.41 Å². The maximum atomic E-state index is 6.06. The topological polar surface area (TPSA) is 75.9 Å². The van der Waals surface area contributed by atoms with E-state index in [1.165, 1.54) is 0 Å². The second-order valence-electron chi connectivity index (χ2n) is 1.53. The average Bonchev–Trinajstić information content (AvgIpc) is 1.85. The molecule has 0 heterocycles. The maximum Gasteiger partial charge on any atom is 0.183 e. The maximum absolute atomic E-state index is 6.06. The van der Waals surface area contributed by atoms with E-state index >= 15 is 0 Å². The summed E-state index contributed by atoms with van der Waals surface area (Å²) in [6.45, 7) is 1.70. The van der Waals surface area contributed by atoms with Gasteiger partial charge in [-0.25, -0.2) is 0 Å². The number of guanidine groups is 1. The molecule has 0 aliphatic heterocycles. The molecule has 0 aromatic carbocycles. The van der Waals surface area contributed by atoms with Gasteiger partial charge in [-0.1, -0.05) is 23.2 Å². The summed E-state index contributed by atoms with van der Waals surface area (Å²) in [7, 11) is 0. The van der Waals surface area contributed by atoms with Crippen LogP contribution in [0.15, 0.2) is 10.1 Å². The summed E-state index contributed by atoms with van der Waals surface area (Å²) < 4.78 is 0. The van der Waals surface area contributed by atoms with E-state index in [4.69, 9.17) is 40.2 Å². The molecule has 0 unspecified atom stereocenters. The fourth-order valence-electron chi connectivity index (χ4n) is 0.0921. The standard InChI is InChI=1S/C4H5Cl3.CH5N3/c1-3(6)4(7)2-5;2-1(3)4/h2H2,1H3;(H5,2,3,4). The van der Waals surface area contributed by atoms with E-state index in [9.17, 15) is 0 Å². The van der Waals surface area contributed by atoms with Crippen molar-refractivity contribution in [3.05, 3.63) is 10.1 Å². The monoisotopic (exact) mass is 217 g/mol. The molecule has 0 saturated carbocycles. The normalized spacial score (nSPS) is 10.9. The zero-order valence-electron chi connectivity index (χ0n) is 6.00. The molecule has 5 N–H and O–H groups in total. The van der Waals surface area contributed by atoms with E-state index in [0.717, 1.165) is 0 Å². The highest BCUT2D eigenvalue weighted by atomic mass is 35.5. The van der Waals surface area contributed by atoms with Crippen molar-refractivity contribution in [1.82, 2.24) is 0 Å². The third kappa shape index (κ3) is 17.7. The Hall–Kier alpha value is -0.120. The smallest absolute Gasteiger partial charge is 0.183 e. The zero-order valence-corrected chi connectivity index (χ0v) is 8.26. The quantitative estimate of drug-likeness (QED) is 0.356. The third-order valence-corrected chi connectivity index (χ3v) is 1.64. The van der Waals surface area contributed by atoms with E-state index in [0.29, 0.717) is 15.9 Å². The number of hydrogen-bond donors (Lipinski definition) is 3. The van der Waals surface area contributed by atoms with Gasteiger partial charge < -0.3 is 11.5 Å². The lowest BCUT2D eigenvalue weighted by Crippen LogP contribution is -2.20. The molecule has 11 heavy (non-hydrogen) atoms. The predicted molar refractivity (Wildman–Crippen MR) is 51.2 cm³/mol. The Morgan fingerprint density at radius 3 is 1.64 bits per heavy atom. The summed E-state index contributed by atoms with van der Waals surface area (Å²) in [6, 6.07) is 0. The van der Waals surface area contributed by atoms with Crippen LogP contribution in [0.1, 0.15) is 6.92 Å². The summed E-state index contributed by atoms with van der Waals surface area (Å²) >= 11 is 16.1. The van der Waals surface area contributed by atoms with Crippen molar-refractivity contribution in [2.24, 2.45) is 11.5 Å². The minimum atomic E-state index is -0.333. The number of allylic oxidation sites excluding steroid dienone is 2. The van der Waals surface area contributed by atoms with Gasteiger partial charge in [0.05, 0.1) is 5.88 Å². The first kappa shape index (κ1) is 13.5. The fraction of sp³-hybridized carbons (Fsp3) is 0.400. The van der Waals surface area contributed by atoms with Crippen LogP contribution in [0.4, 0.5) is 0 Å². The molecule has 0 rings (SSSR count). The Kier molecular flexibility index (Phi) is 9.77. The highest BCUT2D eigenvalue weighted by Gasteiger charge is 1.90. The molecule has 0 atom stereocenters. The number of halogens is 3. The minimum Gasteiger partial charge on any atom is -0.370 e. The SMILES string of the molecule is CC(Cl)=C(Cl)CCl.N=C(N)N. The second-order valence-corrected chi connectivity index (χ2v) is 2.82. The van der Waals surface area contributed by atoms with Gasteiger partial charge in [-0.3, -0.25) is 5.41 Å². The first-order valence-corrected chi connectivity index (χ1v) is 3.87. The van der Waals surface area contributed by atoms with Crippen LogP contribution < -0.4 is 11.5 Å². The largest absolute Gasteiger partial charge is 0.370 e. The van der Waals surface area contributed by atoms with Crippen LogP contribution in [0.3, 0.4) is 0 Å². The molecule has 0 aromatic rings. The van der Waals surface area contributed by atoms with Crippen LogP contribution in [-0.4, -0.2) is 11.8 Å². The number of nitrogens with one attached hydrogen (secondary N) is 1. The first-order chi connectivity index (χ1) is 4.91. The van der Waals surface area contributed by atoms with Gasteiger partial charge in [0, 0.05) is 10.1 Å². The predicted octanol–water partition coefficient (Wildman–Crippen LogP) is 1.77. The summed E-state index contributed by atoms with van der Waals surface area (Å²) in [4.78, 5) is 0. The first-order valence-electron chi connectivity index (χ1n) is 2.58. The van der Waals surface area contributed by atoms with E-state index in [-0.39, 0.29) is 5.96 Å². The van der Waals surface area contributed by atoms with E-state index in [1.54, 1.807) is 6.92 Å². The lowest BCUT2D eigenvalue weighted by atomic mass is 10.6. The van der Waals surface area contributed by atoms with Gasteiger partial charge in [0.2, 0.25) is 0 Å². The molecule has 0 spiro atoms. The lowest BCUT2D eigenvalue weighted by molar-refractivity contribution is 1.39. The molecule has 0 radical (unpaired) electrons. The number of rotatable bonds is 1. The molecular weight excluding hydrogens is 208 g/mol. The highest BCUT2D eigenvalue weighted by Crippen LogP contribution is 2.13. The van der Waals surface area contributed by atoms with Gasteiger partial charge in [0.15, 0.2) is 5.96 Å². The van der Waals surface area contributed by atoms with Crippen LogP contribution in [0.2, 0.25) is 0 Å². The van der Waals surface area contributed by atoms with Crippen molar-refractivity contribution in [2.45, 2.75) is 6.92 Å². The third-order valence-electron chi connectivity index (χ3n) is 0.491. The van der Waals surface area contributed by atoms with E-state index in [1.807, 2.05) is 0 Å². The minimum absolute atomic E-state index is 0.302. The van der Waals surface area contributed by atoms with Crippen molar-refractivity contribution in [3.63, 3.8) is 0 Å². The van der Waals surface area contributed by atoms with Crippen LogP contribution in [0.5, 0.6) is 0 Å². The Bertz CT molecular complexity index is 147. The molecule has 0 aromatic heterocycles. The Morgan fingerprint density at radius 1 is 1.36 bits per heavy atom. The molecule has 6 heteroatoms. The van der Waals surface area contributed by atoms with Crippen molar-refractivity contribution >= 4 is 40.8 Å². The van der Waals surface area contributed by atoms with Crippen molar-refractivity contribution in [2.75, 3.05) is 5.88 Å². The molecule has 0 fully saturated rings. The molecule has 3 nitrogen and oxygen atoms in total. The van der Waals surface area contributed by atoms with Gasteiger partial charge in [-0.05, 0) is 6.92 Å². The van der Waals surface area contributed by atoms with Gasteiger partial charge in [-0.2, -0.15) is 0 Å². The molecule has 66 valence electrons. The Balaban J connectivity index is 0. The summed E-state index contributed by atoms with van der Waals surface area (Å²) in [5.41, 5.74) is 8.94. The Morgan fingerprint density at radius 2 is 1.64 bits per heavy atom. The summed E-state index contributed by atoms with van der Waals surface area (Å²) in [6.07, 6.45) is 0. The zero-order chi connectivity index (χ0) is 9.44. The highest BCUT2D eigenvalue weighted by molar-refractivity contribution is 6.42. The fourth-order valence-corrected chi connectivity index (χ4v) is 0.428. The van der Waals surface area contributed by atoms with Crippen molar-refractivity contribution in [3.8, 4) is 0 Å². The molecule has 0 aliphatic rings. The molecule has 0 saturated heterocycles. The Labute approximate surface area is 80.8 Å². The van der Waals surface area contributed by atoms with Crippen LogP contribution in [-0.2, 0) is 0 Å². The van der Waals surface area contributed by atoms with Gasteiger partial charge >= 0.3 is 0 Å². The van der Waals surface area contributed by atoms with Gasteiger partial charge in [-0.15, -0.1) is 11.6 Å². The van der Waals surface area contributed by atoms with Crippen LogP contribution >= 0.6 is 34.8 Å². The number of nitrogens with two attached hydrogens (primary N) is 2. The summed E-state index contributed by atoms with van der Waals surface area (Å²) in [5.74, 6) is -0.0309. The molecule has 0 amide bonds. The average molecular weight is 219 g/mol. The summed E-state index contributed by atoms with van der Waals surface area (Å²) in [5, 5.41) is 7.14. The number of alkyl halides is 1. The van der Waals surface area contributed by atoms with E-state index in [2.05, 4.69) is 11.5 Å². The van der Waals surface area contributed by atoms with E-state index < -0.39 is 0 Å². The van der Waals surface area contributed by atoms with Crippen LogP contribution in [0.25, 0.3) is 0 Å². The van der Waals surface area contributed by atoms with Crippen molar-refractivity contribution < 1.29 is 0 Å². The molecule has 0 aliphatic carbocycles. The van der Waals surface area contributed by atoms with Gasteiger partial charge in [0.1, 0.15) is 0 Å². The second kappa shape index (κ2) is 7.98. The van der Waals surface area contributed by atoms with Crippen molar-refractivity contribution in [1.29, 1.82) is 5.41 Å². The van der Waals surface area contributed by atoms with Gasteiger partial charge in [0.25, 0.3) is 0 Å².